The molecule has 5 nitrogen and oxygen atoms in total. The van der Waals surface area contributed by atoms with Crippen molar-refractivity contribution < 1.29 is 9.59 Å². The van der Waals surface area contributed by atoms with Crippen LogP contribution in [-0.2, 0) is 9.59 Å². The fourth-order valence-electron chi connectivity index (χ4n) is 2.90. The number of rotatable bonds is 5. The van der Waals surface area contributed by atoms with Crippen molar-refractivity contribution in [2.75, 3.05) is 6.54 Å². The van der Waals surface area contributed by atoms with Gasteiger partial charge in [0.25, 0.3) is 0 Å². The normalized spacial score (nSPS) is 23.3. The zero-order chi connectivity index (χ0) is 15.2. The van der Waals surface area contributed by atoms with Gasteiger partial charge in [-0.05, 0) is 31.2 Å². The van der Waals surface area contributed by atoms with E-state index in [1.807, 2.05) is 30.3 Å². The molecule has 114 valence electrons. The lowest BCUT2D eigenvalue weighted by Crippen LogP contribution is -2.43. The van der Waals surface area contributed by atoms with Gasteiger partial charge in [0.15, 0.2) is 0 Å². The van der Waals surface area contributed by atoms with Gasteiger partial charge in [0.1, 0.15) is 0 Å². The number of carbonyl (C=O) groups excluding carboxylic acids is 2. The summed E-state index contributed by atoms with van der Waals surface area (Å²) in [6.45, 7) is 0.284. The number of hydrogen-bond donors (Lipinski definition) is 3. The maximum atomic E-state index is 12.4. The van der Waals surface area contributed by atoms with Crippen LogP contribution in [-0.4, -0.2) is 24.4 Å². The maximum Gasteiger partial charge on any atom is 0.229 e. The lowest BCUT2D eigenvalue weighted by atomic mass is 9.85. The topological polar surface area (TPSA) is 98.2 Å². The van der Waals surface area contributed by atoms with Gasteiger partial charge >= 0.3 is 0 Å². The van der Waals surface area contributed by atoms with E-state index >= 15 is 0 Å². The number of nitrogens with two attached hydrogens (primary N) is 2. The van der Waals surface area contributed by atoms with Gasteiger partial charge in [0, 0.05) is 18.5 Å². The lowest BCUT2D eigenvalue weighted by molar-refractivity contribution is -0.123. The van der Waals surface area contributed by atoms with Crippen molar-refractivity contribution >= 4 is 11.8 Å². The highest BCUT2D eigenvalue weighted by Gasteiger charge is 2.27. The Labute approximate surface area is 125 Å². The molecule has 0 heterocycles. The monoisotopic (exact) mass is 289 g/mol. The first-order valence-corrected chi connectivity index (χ1v) is 7.46. The highest BCUT2D eigenvalue weighted by atomic mass is 16.2. The van der Waals surface area contributed by atoms with Crippen LogP contribution in [0.15, 0.2) is 30.3 Å². The molecule has 1 aliphatic carbocycles. The van der Waals surface area contributed by atoms with Crippen LogP contribution in [0, 0.1) is 5.92 Å². The van der Waals surface area contributed by atoms with Crippen LogP contribution in [0.1, 0.15) is 37.2 Å². The maximum absolute atomic E-state index is 12.4. The number of primary amides is 1. The number of carbonyl (C=O) groups is 2. The summed E-state index contributed by atoms with van der Waals surface area (Å²) in [5.74, 6) is -0.632. The van der Waals surface area contributed by atoms with Crippen LogP contribution < -0.4 is 16.8 Å². The molecule has 0 radical (unpaired) electrons. The molecule has 5 heteroatoms. The van der Waals surface area contributed by atoms with E-state index in [9.17, 15) is 9.59 Å². The summed E-state index contributed by atoms with van der Waals surface area (Å²) in [6.07, 6.45) is 3.09. The second kappa shape index (κ2) is 7.22. The first-order valence-electron chi connectivity index (χ1n) is 7.46. The highest BCUT2D eigenvalue weighted by Crippen LogP contribution is 2.24. The number of hydrogen-bond acceptors (Lipinski definition) is 3. The van der Waals surface area contributed by atoms with Gasteiger partial charge in [-0.3, -0.25) is 9.59 Å². The summed E-state index contributed by atoms with van der Waals surface area (Å²) in [6, 6.07) is 9.68. The Morgan fingerprint density at radius 3 is 2.29 bits per heavy atom. The molecular weight excluding hydrogens is 266 g/mol. The van der Waals surface area contributed by atoms with Crippen molar-refractivity contribution in [2.45, 2.75) is 37.6 Å². The fourth-order valence-corrected chi connectivity index (χ4v) is 2.90. The molecule has 0 bridgehead atoms. The summed E-state index contributed by atoms with van der Waals surface area (Å²) in [5.41, 5.74) is 12.0. The average molecular weight is 289 g/mol. The van der Waals surface area contributed by atoms with Gasteiger partial charge in [-0.25, -0.2) is 0 Å². The van der Waals surface area contributed by atoms with E-state index in [1.165, 1.54) is 0 Å². The van der Waals surface area contributed by atoms with Gasteiger partial charge in [-0.1, -0.05) is 30.3 Å². The van der Waals surface area contributed by atoms with Gasteiger partial charge in [0.05, 0.1) is 5.92 Å². The van der Waals surface area contributed by atoms with Gasteiger partial charge < -0.3 is 16.8 Å². The van der Waals surface area contributed by atoms with E-state index in [2.05, 4.69) is 5.32 Å². The molecule has 1 unspecified atom stereocenters. The Morgan fingerprint density at radius 2 is 1.76 bits per heavy atom. The average Bonchev–Trinajstić information content (AvgIpc) is 2.49. The van der Waals surface area contributed by atoms with E-state index in [0.29, 0.717) is 0 Å². The molecule has 1 aliphatic rings. The minimum Gasteiger partial charge on any atom is -0.369 e. The molecule has 1 fully saturated rings. The van der Waals surface area contributed by atoms with Crippen LogP contribution in [0.3, 0.4) is 0 Å². The van der Waals surface area contributed by atoms with Crippen LogP contribution >= 0.6 is 0 Å². The minimum atomic E-state index is -0.319. The predicted octanol–water partition coefficient (Wildman–Crippen LogP) is 0.889. The molecule has 1 saturated carbocycles. The van der Waals surface area contributed by atoms with E-state index in [0.717, 1.165) is 31.2 Å². The van der Waals surface area contributed by atoms with Crippen molar-refractivity contribution in [1.82, 2.24) is 5.32 Å². The van der Waals surface area contributed by atoms with E-state index in [-0.39, 0.29) is 36.2 Å². The smallest absolute Gasteiger partial charge is 0.229 e. The molecule has 0 spiro atoms. The third-order valence-electron chi connectivity index (χ3n) is 4.23. The molecule has 21 heavy (non-hydrogen) atoms. The second-order valence-corrected chi connectivity index (χ2v) is 5.66. The van der Waals surface area contributed by atoms with Gasteiger partial charge in [-0.2, -0.15) is 0 Å². The highest BCUT2D eigenvalue weighted by molar-refractivity contribution is 5.84. The first kappa shape index (κ1) is 15.5. The summed E-state index contributed by atoms with van der Waals surface area (Å²) in [5, 5.41) is 3.06. The Bertz CT molecular complexity index is 482. The molecule has 2 rings (SSSR count). The molecular formula is C16H23N3O2. The Kier molecular flexibility index (Phi) is 5.33. The van der Waals surface area contributed by atoms with Crippen LogP contribution in [0.5, 0.6) is 0 Å². The van der Waals surface area contributed by atoms with Gasteiger partial charge in [0.2, 0.25) is 11.8 Å². The lowest BCUT2D eigenvalue weighted by Gasteiger charge is -2.28. The number of nitrogens with one attached hydrogen (secondary N) is 1. The predicted molar refractivity (Wildman–Crippen MR) is 81.3 cm³/mol. The molecule has 5 N–H and O–H groups in total. The van der Waals surface area contributed by atoms with E-state index < -0.39 is 0 Å². The molecule has 1 aromatic rings. The quantitative estimate of drug-likeness (QED) is 0.750. The summed E-state index contributed by atoms with van der Waals surface area (Å²) >= 11 is 0. The van der Waals surface area contributed by atoms with Gasteiger partial charge in [-0.15, -0.1) is 0 Å². The van der Waals surface area contributed by atoms with Crippen LogP contribution in [0.4, 0.5) is 0 Å². The molecule has 2 amide bonds. The van der Waals surface area contributed by atoms with Crippen LogP contribution in [0.25, 0.3) is 0 Å². The zero-order valence-electron chi connectivity index (χ0n) is 12.1. The van der Waals surface area contributed by atoms with E-state index in [1.54, 1.807) is 0 Å². The van der Waals surface area contributed by atoms with Crippen molar-refractivity contribution in [1.29, 1.82) is 0 Å². The minimum absolute atomic E-state index is 0.0359. The third kappa shape index (κ3) is 4.04. The number of amides is 2. The summed E-state index contributed by atoms with van der Waals surface area (Å²) in [4.78, 5) is 23.5. The van der Waals surface area contributed by atoms with Crippen LogP contribution in [0.2, 0.25) is 0 Å². The Hall–Kier alpha value is -1.88. The van der Waals surface area contributed by atoms with Crippen molar-refractivity contribution in [2.24, 2.45) is 17.4 Å². The van der Waals surface area contributed by atoms with Crippen molar-refractivity contribution in [3.8, 4) is 0 Å². The largest absolute Gasteiger partial charge is 0.369 e. The molecule has 1 aromatic carbocycles. The molecule has 1 atom stereocenters. The summed E-state index contributed by atoms with van der Waals surface area (Å²) < 4.78 is 0. The standard InChI is InChI=1S/C16H23N3O2/c17-10-14(11-4-2-1-3-5-11)16(21)19-13-8-6-12(7-9-13)15(18)20/h1-5,12-14H,6-10,17H2,(H2,18,20)(H,19,21). The van der Waals surface area contributed by atoms with Crippen molar-refractivity contribution in [3.63, 3.8) is 0 Å². The zero-order valence-corrected chi connectivity index (χ0v) is 12.1. The first-order chi connectivity index (χ1) is 10.1. The number of benzene rings is 1. The molecule has 0 saturated heterocycles. The summed E-state index contributed by atoms with van der Waals surface area (Å²) in [7, 11) is 0. The fraction of sp³-hybridized carbons (Fsp3) is 0.500. The molecule has 0 aliphatic heterocycles. The Morgan fingerprint density at radius 1 is 1.14 bits per heavy atom. The SMILES string of the molecule is NCC(C(=O)NC1CCC(C(N)=O)CC1)c1ccccc1. The van der Waals surface area contributed by atoms with Crippen molar-refractivity contribution in [3.05, 3.63) is 35.9 Å². The Balaban J connectivity index is 1.91. The third-order valence-corrected chi connectivity index (χ3v) is 4.23. The molecule has 0 aromatic heterocycles. The second-order valence-electron chi connectivity index (χ2n) is 5.66. The van der Waals surface area contributed by atoms with E-state index in [4.69, 9.17) is 11.5 Å².